The van der Waals surface area contributed by atoms with Crippen LogP contribution < -0.4 is 5.73 Å². The van der Waals surface area contributed by atoms with Gasteiger partial charge in [-0.3, -0.25) is 0 Å². The molecule has 82 valence electrons. The lowest BCUT2D eigenvalue weighted by Crippen LogP contribution is -2.08. The fraction of sp³-hybridized carbons (Fsp3) is 0.250. The van der Waals surface area contributed by atoms with Crippen LogP contribution >= 0.6 is 0 Å². The zero-order valence-corrected chi connectivity index (χ0v) is 7.44. The number of aromatic nitrogens is 1. The Morgan fingerprint density at radius 2 is 2.20 bits per heavy atom. The minimum atomic E-state index is -2.91. The van der Waals surface area contributed by atoms with Crippen molar-refractivity contribution in [3.63, 3.8) is 0 Å². The SMILES string of the molecule is NCc1nc(C(F)F)cc(C(=O)O)c1O. The molecule has 0 atom stereocenters. The molecule has 0 fully saturated rings. The van der Waals surface area contributed by atoms with E-state index in [1.54, 1.807) is 0 Å². The summed E-state index contributed by atoms with van der Waals surface area (Å²) in [5, 5.41) is 17.9. The second-order valence-electron chi connectivity index (χ2n) is 2.70. The van der Waals surface area contributed by atoms with Crippen molar-refractivity contribution in [2.24, 2.45) is 5.73 Å². The van der Waals surface area contributed by atoms with Crippen LogP contribution in [0.15, 0.2) is 6.07 Å². The van der Waals surface area contributed by atoms with Gasteiger partial charge in [-0.25, -0.2) is 18.6 Å². The molecule has 15 heavy (non-hydrogen) atoms. The largest absolute Gasteiger partial charge is 0.505 e. The number of nitrogens with zero attached hydrogens (tertiary/aromatic N) is 1. The number of hydrogen-bond donors (Lipinski definition) is 3. The molecule has 0 aliphatic carbocycles. The smallest absolute Gasteiger partial charge is 0.339 e. The third-order valence-electron chi connectivity index (χ3n) is 1.73. The maximum absolute atomic E-state index is 12.3. The number of nitrogens with two attached hydrogens (primary N) is 1. The van der Waals surface area contributed by atoms with Crippen LogP contribution in [0.5, 0.6) is 5.75 Å². The lowest BCUT2D eigenvalue weighted by molar-refractivity contribution is 0.0692. The predicted octanol–water partition coefficient (Wildman–Crippen LogP) is 0.882. The van der Waals surface area contributed by atoms with Gasteiger partial charge in [0.05, 0.1) is 5.69 Å². The molecular weight excluding hydrogens is 210 g/mol. The number of carbonyl (C=O) groups is 1. The fourth-order valence-electron chi connectivity index (χ4n) is 1.03. The molecule has 0 saturated heterocycles. The van der Waals surface area contributed by atoms with Gasteiger partial charge in [-0.15, -0.1) is 0 Å². The first-order valence-electron chi connectivity index (χ1n) is 3.91. The molecule has 1 aromatic heterocycles. The summed E-state index contributed by atoms with van der Waals surface area (Å²) in [5.41, 5.74) is 3.53. The quantitative estimate of drug-likeness (QED) is 0.699. The number of hydrogen-bond acceptors (Lipinski definition) is 4. The van der Waals surface area contributed by atoms with E-state index in [1.165, 1.54) is 0 Å². The monoisotopic (exact) mass is 218 g/mol. The first-order valence-corrected chi connectivity index (χ1v) is 3.91. The third-order valence-corrected chi connectivity index (χ3v) is 1.73. The van der Waals surface area contributed by atoms with E-state index in [-0.39, 0.29) is 12.2 Å². The maximum Gasteiger partial charge on any atom is 0.339 e. The molecule has 7 heteroatoms. The van der Waals surface area contributed by atoms with E-state index in [1.807, 2.05) is 0 Å². The predicted molar refractivity (Wildman–Crippen MR) is 45.7 cm³/mol. The van der Waals surface area contributed by atoms with Gasteiger partial charge in [-0.05, 0) is 6.07 Å². The molecule has 0 aliphatic rings. The summed E-state index contributed by atoms with van der Waals surface area (Å²) >= 11 is 0. The number of pyridine rings is 1. The molecular formula is C8H8F2N2O3. The summed E-state index contributed by atoms with van der Waals surface area (Å²) in [6, 6.07) is 0.626. The van der Waals surface area contributed by atoms with E-state index in [4.69, 9.17) is 10.8 Å². The first-order chi connectivity index (χ1) is 6.97. The molecule has 0 bridgehead atoms. The van der Waals surface area contributed by atoms with Crippen LogP contribution in [-0.4, -0.2) is 21.2 Å². The van der Waals surface area contributed by atoms with E-state index >= 15 is 0 Å². The minimum absolute atomic E-state index is 0.259. The summed E-state index contributed by atoms with van der Waals surface area (Å²) in [6.45, 7) is -0.313. The zero-order valence-electron chi connectivity index (χ0n) is 7.44. The molecule has 0 spiro atoms. The number of aromatic hydroxyl groups is 1. The Kier molecular flexibility index (Phi) is 3.15. The Balaban J connectivity index is 3.38. The molecule has 0 radical (unpaired) electrons. The van der Waals surface area contributed by atoms with E-state index in [2.05, 4.69) is 4.98 Å². The number of halogens is 2. The summed E-state index contributed by atoms with van der Waals surface area (Å²) < 4.78 is 24.6. The van der Waals surface area contributed by atoms with Gasteiger partial charge in [-0.2, -0.15) is 0 Å². The van der Waals surface area contributed by atoms with Crippen LogP contribution in [0, 0.1) is 0 Å². The van der Waals surface area contributed by atoms with Crippen LogP contribution in [0.3, 0.4) is 0 Å². The first kappa shape index (κ1) is 11.3. The lowest BCUT2D eigenvalue weighted by atomic mass is 10.1. The molecule has 0 unspecified atom stereocenters. The topological polar surface area (TPSA) is 96.4 Å². The fourth-order valence-corrected chi connectivity index (χ4v) is 1.03. The number of rotatable bonds is 3. The molecule has 5 nitrogen and oxygen atoms in total. The highest BCUT2D eigenvalue weighted by atomic mass is 19.3. The van der Waals surface area contributed by atoms with E-state index in [0.29, 0.717) is 6.07 Å². The standard InChI is InChI=1S/C8H8F2N2O3/c9-7(10)4-1-3(8(14)15)6(13)5(2-11)12-4/h1,7,13H,2,11H2,(H,14,15). The zero-order chi connectivity index (χ0) is 11.6. The molecule has 1 rings (SSSR count). The van der Waals surface area contributed by atoms with Crippen LogP contribution in [0.4, 0.5) is 8.78 Å². The molecule has 0 amide bonds. The van der Waals surface area contributed by atoms with Gasteiger partial charge >= 0.3 is 5.97 Å². The molecule has 4 N–H and O–H groups in total. The van der Waals surface area contributed by atoms with Crippen molar-refractivity contribution in [3.05, 3.63) is 23.0 Å². The van der Waals surface area contributed by atoms with Crippen molar-refractivity contribution in [1.29, 1.82) is 0 Å². The number of carboxylic acids is 1. The van der Waals surface area contributed by atoms with Gasteiger partial charge in [0, 0.05) is 6.54 Å². The molecule has 0 saturated carbocycles. The second kappa shape index (κ2) is 4.18. The number of alkyl halides is 2. The molecule has 0 aromatic carbocycles. The molecule has 0 aliphatic heterocycles. The van der Waals surface area contributed by atoms with Gasteiger partial charge in [-0.1, -0.05) is 0 Å². The minimum Gasteiger partial charge on any atom is -0.505 e. The van der Waals surface area contributed by atoms with Crippen molar-refractivity contribution in [2.45, 2.75) is 13.0 Å². The highest BCUT2D eigenvalue weighted by Gasteiger charge is 2.19. The van der Waals surface area contributed by atoms with Crippen molar-refractivity contribution in [2.75, 3.05) is 0 Å². The van der Waals surface area contributed by atoms with Crippen LogP contribution in [0.1, 0.15) is 28.2 Å². The normalized spacial score (nSPS) is 10.7. The highest BCUT2D eigenvalue weighted by Crippen LogP contribution is 2.26. The van der Waals surface area contributed by atoms with Crippen molar-refractivity contribution in [1.82, 2.24) is 4.98 Å². The Morgan fingerprint density at radius 1 is 1.60 bits per heavy atom. The maximum atomic E-state index is 12.3. The van der Waals surface area contributed by atoms with Gasteiger partial charge in [0.2, 0.25) is 0 Å². The van der Waals surface area contributed by atoms with Gasteiger partial charge in [0.15, 0.2) is 5.75 Å². The van der Waals surface area contributed by atoms with Crippen molar-refractivity contribution >= 4 is 5.97 Å². The Morgan fingerprint density at radius 3 is 2.60 bits per heavy atom. The van der Waals surface area contributed by atoms with Crippen LogP contribution in [0.25, 0.3) is 0 Å². The van der Waals surface area contributed by atoms with Crippen LogP contribution in [-0.2, 0) is 6.54 Å². The van der Waals surface area contributed by atoms with Crippen molar-refractivity contribution < 1.29 is 23.8 Å². The highest BCUT2D eigenvalue weighted by molar-refractivity contribution is 5.91. The van der Waals surface area contributed by atoms with Gasteiger partial charge in [0.1, 0.15) is 11.3 Å². The van der Waals surface area contributed by atoms with E-state index in [9.17, 15) is 18.7 Å². The summed E-state index contributed by atoms with van der Waals surface area (Å²) in [7, 11) is 0. The van der Waals surface area contributed by atoms with E-state index in [0.717, 1.165) is 0 Å². The number of aromatic carboxylic acids is 1. The summed E-state index contributed by atoms with van der Waals surface area (Å²) in [5.74, 6) is -2.18. The summed E-state index contributed by atoms with van der Waals surface area (Å²) in [6.07, 6.45) is -2.91. The van der Waals surface area contributed by atoms with E-state index < -0.39 is 29.4 Å². The average molecular weight is 218 g/mol. The van der Waals surface area contributed by atoms with Gasteiger partial charge in [0.25, 0.3) is 6.43 Å². The lowest BCUT2D eigenvalue weighted by Gasteiger charge is -2.07. The second-order valence-corrected chi connectivity index (χ2v) is 2.70. The van der Waals surface area contributed by atoms with Crippen molar-refractivity contribution in [3.8, 4) is 5.75 Å². The Bertz CT molecular complexity index is 396. The summed E-state index contributed by atoms with van der Waals surface area (Å²) in [4.78, 5) is 13.9. The Hall–Kier alpha value is -1.76. The average Bonchev–Trinajstić information content (AvgIpc) is 2.17. The van der Waals surface area contributed by atoms with Gasteiger partial charge < -0.3 is 15.9 Å². The Labute approximate surface area is 83.2 Å². The third kappa shape index (κ3) is 2.18. The molecule has 1 aromatic rings. The van der Waals surface area contributed by atoms with Crippen LogP contribution in [0.2, 0.25) is 0 Å². The molecule has 1 heterocycles. The number of carboxylic acid groups (broad SMARTS) is 1.